The van der Waals surface area contributed by atoms with Gasteiger partial charge in [-0.1, -0.05) is 32.0 Å². The molecule has 3 rings (SSSR count). The van der Waals surface area contributed by atoms with Crippen LogP contribution in [0.2, 0.25) is 0 Å². The lowest BCUT2D eigenvalue weighted by Gasteiger charge is -2.35. The molecule has 1 atom stereocenters. The van der Waals surface area contributed by atoms with Crippen molar-refractivity contribution in [3.05, 3.63) is 35.5 Å². The number of carbonyl (C=O) groups is 1. The highest BCUT2D eigenvalue weighted by molar-refractivity contribution is 5.86. The van der Waals surface area contributed by atoms with Crippen LogP contribution in [-0.4, -0.2) is 46.9 Å². The summed E-state index contributed by atoms with van der Waals surface area (Å²) in [6.45, 7) is 10.2. The molecule has 2 heterocycles. The Morgan fingerprint density at radius 3 is 2.75 bits per heavy atom. The fraction of sp³-hybridized carbons (Fsp3) is 0.550. The number of amides is 1. The van der Waals surface area contributed by atoms with Crippen molar-refractivity contribution >= 4 is 16.8 Å². The SMILES string of the molecule is CCN(CC)CCCC1c2[nH]c3ccccc3c2CCN1C(C)=O. The Bertz CT molecular complexity index is 702. The van der Waals surface area contributed by atoms with Crippen LogP contribution in [0.3, 0.4) is 0 Å². The van der Waals surface area contributed by atoms with Crippen LogP contribution < -0.4 is 0 Å². The number of fused-ring (bicyclic) bond motifs is 3. The van der Waals surface area contributed by atoms with Gasteiger partial charge in [-0.3, -0.25) is 4.79 Å². The molecule has 130 valence electrons. The number of H-pyrrole nitrogens is 1. The zero-order valence-corrected chi connectivity index (χ0v) is 15.1. The zero-order chi connectivity index (χ0) is 17.1. The van der Waals surface area contributed by atoms with Gasteiger partial charge in [0.15, 0.2) is 0 Å². The number of carbonyl (C=O) groups excluding carboxylic acids is 1. The van der Waals surface area contributed by atoms with Gasteiger partial charge in [0, 0.05) is 30.1 Å². The van der Waals surface area contributed by atoms with Gasteiger partial charge < -0.3 is 14.8 Å². The third-order valence-electron chi connectivity index (χ3n) is 5.41. The van der Waals surface area contributed by atoms with Crippen molar-refractivity contribution in [2.45, 2.75) is 46.1 Å². The van der Waals surface area contributed by atoms with Crippen LogP contribution in [0.25, 0.3) is 10.9 Å². The van der Waals surface area contributed by atoms with Crippen molar-refractivity contribution in [3.8, 4) is 0 Å². The normalized spacial score (nSPS) is 17.5. The highest BCUT2D eigenvalue weighted by Gasteiger charge is 2.31. The molecule has 0 saturated heterocycles. The van der Waals surface area contributed by atoms with Gasteiger partial charge in [-0.15, -0.1) is 0 Å². The molecule has 4 heteroatoms. The molecular formula is C20H29N3O. The van der Waals surface area contributed by atoms with E-state index in [1.165, 1.54) is 22.2 Å². The molecule has 1 amide bonds. The Hall–Kier alpha value is -1.81. The van der Waals surface area contributed by atoms with Crippen molar-refractivity contribution in [2.75, 3.05) is 26.2 Å². The molecule has 1 N–H and O–H groups in total. The lowest BCUT2D eigenvalue weighted by molar-refractivity contribution is -0.132. The first-order chi connectivity index (χ1) is 11.7. The van der Waals surface area contributed by atoms with Crippen LogP contribution in [0, 0.1) is 0 Å². The summed E-state index contributed by atoms with van der Waals surface area (Å²) >= 11 is 0. The van der Waals surface area contributed by atoms with Gasteiger partial charge >= 0.3 is 0 Å². The molecule has 0 saturated carbocycles. The van der Waals surface area contributed by atoms with Crippen molar-refractivity contribution in [2.24, 2.45) is 0 Å². The number of nitrogens with zero attached hydrogens (tertiary/aromatic N) is 2. The van der Waals surface area contributed by atoms with Crippen LogP contribution in [0.1, 0.15) is 50.9 Å². The van der Waals surface area contributed by atoms with E-state index in [1.54, 1.807) is 6.92 Å². The van der Waals surface area contributed by atoms with Crippen molar-refractivity contribution in [1.82, 2.24) is 14.8 Å². The molecule has 0 spiro atoms. The molecule has 0 fully saturated rings. The van der Waals surface area contributed by atoms with Crippen LogP contribution in [-0.2, 0) is 11.2 Å². The molecule has 4 nitrogen and oxygen atoms in total. The number of para-hydroxylation sites is 1. The van der Waals surface area contributed by atoms with Crippen LogP contribution in [0.15, 0.2) is 24.3 Å². The second-order valence-electron chi connectivity index (χ2n) is 6.71. The number of nitrogens with one attached hydrogen (secondary N) is 1. The topological polar surface area (TPSA) is 39.3 Å². The molecule has 1 unspecified atom stereocenters. The minimum atomic E-state index is 0.187. The molecule has 1 aromatic heterocycles. The smallest absolute Gasteiger partial charge is 0.220 e. The average molecular weight is 327 g/mol. The molecule has 24 heavy (non-hydrogen) atoms. The van der Waals surface area contributed by atoms with Crippen LogP contribution in [0.4, 0.5) is 0 Å². The molecule has 0 radical (unpaired) electrons. The van der Waals surface area contributed by atoms with E-state index in [0.29, 0.717) is 0 Å². The molecule has 1 aromatic carbocycles. The minimum Gasteiger partial charge on any atom is -0.356 e. The number of aromatic amines is 1. The van der Waals surface area contributed by atoms with E-state index in [-0.39, 0.29) is 11.9 Å². The van der Waals surface area contributed by atoms with Gasteiger partial charge in [0.1, 0.15) is 0 Å². The van der Waals surface area contributed by atoms with Crippen molar-refractivity contribution in [3.63, 3.8) is 0 Å². The molecule has 2 aromatic rings. The summed E-state index contributed by atoms with van der Waals surface area (Å²) in [7, 11) is 0. The van der Waals surface area contributed by atoms with E-state index < -0.39 is 0 Å². The number of hydrogen-bond donors (Lipinski definition) is 1. The van der Waals surface area contributed by atoms with Crippen molar-refractivity contribution < 1.29 is 4.79 Å². The summed E-state index contributed by atoms with van der Waals surface area (Å²) in [6.07, 6.45) is 3.09. The number of aromatic nitrogens is 1. The monoisotopic (exact) mass is 327 g/mol. The summed E-state index contributed by atoms with van der Waals surface area (Å²) in [6, 6.07) is 8.69. The number of rotatable bonds is 6. The Kier molecular flexibility index (Phi) is 5.24. The first-order valence-electron chi connectivity index (χ1n) is 9.24. The Morgan fingerprint density at radius 2 is 2.04 bits per heavy atom. The van der Waals surface area contributed by atoms with Gasteiger partial charge in [0.25, 0.3) is 0 Å². The summed E-state index contributed by atoms with van der Waals surface area (Å²) < 4.78 is 0. The fourth-order valence-electron chi connectivity index (χ4n) is 4.04. The summed E-state index contributed by atoms with van der Waals surface area (Å²) in [5.41, 5.74) is 3.87. The summed E-state index contributed by atoms with van der Waals surface area (Å²) in [5, 5.41) is 1.32. The quantitative estimate of drug-likeness (QED) is 0.878. The van der Waals surface area contributed by atoms with Gasteiger partial charge in [0.2, 0.25) is 5.91 Å². The second kappa shape index (κ2) is 7.39. The van der Waals surface area contributed by atoms with Crippen LogP contribution in [0.5, 0.6) is 0 Å². The van der Waals surface area contributed by atoms with E-state index in [0.717, 1.165) is 45.4 Å². The number of benzene rings is 1. The second-order valence-corrected chi connectivity index (χ2v) is 6.71. The van der Waals surface area contributed by atoms with Crippen molar-refractivity contribution in [1.29, 1.82) is 0 Å². The standard InChI is InChI=1S/C20H29N3O/c1-4-22(5-2)13-8-11-19-20-17(12-14-23(19)15(3)24)16-9-6-7-10-18(16)21-20/h6-7,9-10,19,21H,4-5,8,11-14H2,1-3H3. The third-order valence-corrected chi connectivity index (χ3v) is 5.41. The average Bonchev–Trinajstić information content (AvgIpc) is 2.97. The van der Waals surface area contributed by atoms with E-state index >= 15 is 0 Å². The largest absolute Gasteiger partial charge is 0.356 e. The van der Waals surface area contributed by atoms with E-state index in [9.17, 15) is 4.79 Å². The zero-order valence-electron chi connectivity index (χ0n) is 15.1. The maximum absolute atomic E-state index is 12.1. The maximum Gasteiger partial charge on any atom is 0.220 e. The highest BCUT2D eigenvalue weighted by atomic mass is 16.2. The molecule has 1 aliphatic heterocycles. The summed E-state index contributed by atoms with van der Waals surface area (Å²) in [4.78, 5) is 20.3. The minimum absolute atomic E-state index is 0.187. The Balaban J connectivity index is 1.85. The maximum atomic E-state index is 12.1. The van der Waals surface area contributed by atoms with Gasteiger partial charge in [-0.25, -0.2) is 0 Å². The number of hydrogen-bond acceptors (Lipinski definition) is 2. The predicted octanol–water partition coefficient (Wildman–Crippen LogP) is 3.74. The van der Waals surface area contributed by atoms with Crippen LogP contribution >= 0.6 is 0 Å². The summed E-state index contributed by atoms with van der Waals surface area (Å²) in [5.74, 6) is 0.187. The third kappa shape index (κ3) is 3.20. The van der Waals surface area contributed by atoms with Gasteiger partial charge in [0.05, 0.1) is 6.04 Å². The first-order valence-corrected chi connectivity index (χ1v) is 9.24. The lowest BCUT2D eigenvalue weighted by Crippen LogP contribution is -2.39. The highest BCUT2D eigenvalue weighted by Crippen LogP contribution is 2.36. The molecule has 0 aliphatic carbocycles. The van der Waals surface area contributed by atoms with Gasteiger partial charge in [-0.2, -0.15) is 0 Å². The van der Waals surface area contributed by atoms with E-state index in [1.807, 2.05) is 0 Å². The van der Waals surface area contributed by atoms with E-state index in [2.05, 4.69) is 52.9 Å². The molecular weight excluding hydrogens is 298 g/mol. The van der Waals surface area contributed by atoms with E-state index in [4.69, 9.17) is 0 Å². The molecule has 0 bridgehead atoms. The predicted molar refractivity (Wildman–Crippen MR) is 99.2 cm³/mol. The fourth-order valence-corrected chi connectivity index (χ4v) is 4.04. The van der Waals surface area contributed by atoms with Gasteiger partial charge in [-0.05, 0) is 50.5 Å². The molecule has 1 aliphatic rings. The lowest BCUT2D eigenvalue weighted by atomic mass is 9.94. The first kappa shape index (κ1) is 17.0. The Labute approximate surface area is 144 Å². The Morgan fingerprint density at radius 1 is 1.29 bits per heavy atom.